The van der Waals surface area contributed by atoms with Gasteiger partial charge in [-0.2, -0.15) is 0 Å². The lowest BCUT2D eigenvalue weighted by atomic mass is 9.80. The smallest absolute Gasteiger partial charge is 0.0412 e. The molecule has 0 saturated heterocycles. The van der Waals surface area contributed by atoms with Crippen molar-refractivity contribution in [3.05, 3.63) is 0 Å². The number of hydrogen-bond donors (Lipinski definition) is 0. The van der Waals surface area contributed by atoms with E-state index < -0.39 is 0 Å². The van der Waals surface area contributed by atoms with Crippen molar-refractivity contribution in [3.63, 3.8) is 0 Å². The summed E-state index contributed by atoms with van der Waals surface area (Å²) < 4.78 is 0. The molecule has 0 aliphatic heterocycles. The molecule has 2 rings (SSSR count). The molecule has 2 aliphatic carbocycles. The first-order chi connectivity index (χ1) is 16.8. The number of rotatable bonds is 4. The van der Waals surface area contributed by atoms with Gasteiger partial charge in [-0.25, -0.2) is 0 Å². The van der Waals surface area contributed by atoms with Crippen LogP contribution in [-0.2, 0) is 0 Å². The van der Waals surface area contributed by atoms with Crippen molar-refractivity contribution >= 4 is 0 Å². The lowest BCUT2D eigenvalue weighted by Gasteiger charge is -2.25. The summed E-state index contributed by atoms with van der Waals surface area (Å²) in [5.74, 6) is 3.02. The van der Waals surface area contributed by atoms with E-state index in [2.05, 4.69) is 6.92 Å². The highest BCUT2D eigenvalue weighted by Gasteiger charge is 2.18. The van der Waals surface area contributed by atoms with E-state index in [1.807, 2.05) is 0 Å². The van der Waals surface area contributed by atoms with Crippen LogP contribution in [0.4, 0.5) is 0 Å². The van der Waals surface area contributed by atoms with Crippen molar-refractivity contribution in [2.45, 2.75) is 200 Å². The van der Waals surface area contributed by atoms with Gasteiger partial charge in [0.05, 0.1) is 0 Å². The Hall–Kier alpha value is 0. The van der Waals surface area contributed by atoms with Crippen LogP contribution in [0, 0.1) is 17.8 Å². The molecular formula is C34H66. The van der Waals surface area contributed by atoms with Crippen LogP contribution in [0.2, 0.25) is 0 Å². The first-order valence-electron chi connectivity index (χ1n) is 16.8. The molecule has 34 heavy (non-hydrogen) atoms. The van der Waals surface area contributed by atoms with E-state index in [9.17, 15) is 0 Å². The molecule has 0 bridgehead atoms. The van der Waals surface area contributed by atoms with Crippen LogP contribution < -0.4 is 0 Å². The standard InChI is InChI=1S/C34H66/c1-32(30-33-26-22-18-14-10-6-2-3-7-11-15-19-23-27-33)31-34-28-24-20-16-12-8-4-5-9-13-17-21-25-29-34/h32-34H,2-31H2,1H3. The third-order valence-corrected chi connectivity index (χ3v) is 9.42. The minimum Gasteiger partial charge on any atom is -0.0625 e. The Kier molecular flexibility index (Phi) is 19.8. The van der Waals surface area contributed by atoms with E-state index in [0.717, 1.165) is 17.8 Å². The van der Waals surface area contributed by atoms with E-state index in [1.54, 1.807) is 0 Å². The molecule has 0 heterocycles. The Balaban J connectivity index is 1.75. The predicted molar refractivity (Wildman–Crippen MR) is 155 cm³/mol. The van der Waals surface area contributed by atoms with Crippen molar-refractivity contribution < 1.29 is 0 Å². The third kappa shape index (κ3) is 17.4. The van der Waals surface area contributed by atoms with E-state index in [4.69, 9.17) is 0 Å². The van der Waals surface area contributed by atoms with Crippen LogP contribution in [-0.4, -0.2) is 0 Å². The van der Waals surface area contributed by atoms with E-state index in [0.29, 0.717) is 0 Å². The van der Waals surface area contributed by atoms with Crippen LogP contribution in [0.3, 0.4) is 0 Å². The first kappa shape index (κ1) is 30.2. The molecular weight excluding hydrogens is 408 g/mol. The summed E-state index contributed by atoms with van der Waals surface area (Å²) in [4.78, 5) is 0. The number of hydrogen-bond acceptors (Lipinski definition) is 0. The second-order valence-electron chi connectivity index (χ2n) is 12.9. The van der Waals surface area contributed by atoms with Gasteiger partial charge >= 0.3 is 0 Å². The quantitative estimate of drug-likeness (QED) is 0.380. The van der Waals surface area contributed by atoms with Crippen molar-refractivity contribution in [1.29, 1.82) is 0 Å². The molecule has 2 saturated carbocycles. The summed E-state index contributed by atoms with van der Waals surface area (Å²) in [7, 11) is 0. The molecule has 2 aliphatic rings. The van der Waals surface area contributed by atoms with E-state index in [1.165, 1.54) is 193 Å². The van der Waals surface area contributed by atoms with Crippen LogP contribution in [0.1, 0.15) is 200 Å². The van der Waals surface area contributed by atoms with Crippen LogP contribution in [0.15, 0.2) is 0 Å². The van der Waals surface area contributed by atoms with Gasteiger partial charge in [-0.3, -0.25) is 0 Å². The molecule has 2 fully saturated rings. The van der Waals surface area contributed by atoms with Gasteiger partial charge in [0.15, 0.2) is 0 Å². The first-order valence-corrected chi connectivity index (χ1v) is 16.8. The largest absolute Gasteiger partial charge is 0.0625 e. The highest BCUT2D eigenvalue weighted by molar-refractivity contribution is 4.70. The van der Waals surface area contributed by atoms with Gasteiger partial charge in [0.2, 0.25) is 0 Å². The van der Waals surface area contributed by atoms with Crippen molar-refractivity contribution in [1.82, 2.24) is 0 Å². The highest BCUT2D eigenvalue weighted by Crippen LogP contribution is 2.32. The van der Waals surface area contributed by atoms with Gasteiger partial charge in [0.1, 0.15) is 0 Å². The average Bonchev–Trinajstić information content (AvgIpc) is 2.84. The maximum Gasteiger partial charge on any atom is -0.0412 e. The lowest BCUT2D eigenvalue weighted by Crippen LogP contribution is -2.12. The summed E-state index contributed by atoms with van der Waals surface area (Å²) in [5.41, 5.74) is 0. The molecule has 0 amide bonds. The summed E-state index contributed by atoms with van der Waals surface area (Å²) >= 11 is 0. The fraction of sp³-hybridized carbons (Fsp3) is 1.00. The minimum atomic E-state index is 0.958. The lowest BCUT2D eigenvalue weighted by molar-refractivity contribution is 0.268. The van der Waals surface area contributed by atoms with Crippen LogP contribution >= 0.6 is 0 Å². The second-order valence-corrected chi connectivity index (χ2v) is 12.9. The van der Waals surface area contributed by atoms with Crippen LogP contribution in [0.5, 0.6) is 0 Å². The Labute approximate surface area is 217 Å². The van der Waals surface area contributed by atoms with Crippen molar-refractivity contribution in [3.8, 4) is 0 Å². The monoisotopic (exact) mass is 475 g/mol. The van der Waals surface area contributed by atoms with Gasteiger partial charge in [-0.05, 0) is 30.6 Å². The molecule has 0 atom stereocenters. The van der Waals surface area contributed by atoms with Crippen LogP contribution in [0.25, 0.3) is 0 Å². The van der Waals surface area contributed by atoms with Gasteiger partial charge in [0.25, 0.3) is 0 Å². The van der Waals surface area contributed by atoms with Crippen molar-refractivity contribution in [2.24, 2.45) is 17.8 Å². The zero-order chi connectivity index (χ0) is 23.9. The summed E-state index contributed by atoms with van der Waals surface area (Å²) in [6.07, 6.45) is 45.4. The Morgan fingerprint density at radius 1 is 0.324 bits per heavy atom. The topological polar surface area (TPSA) is 0 Å². The van der Waals surface area contributed by atoms with Gasteiger partial charge in [-0.1, -0.05) is 187 Å². The SMILES string of the molecule is CC(CC1CCCCCCCCCCCCCC1)CC1CCCCCCCCCCCCCC1. The minimum absolute atomic E-state index is 0.958. The molecule has 0 heteroatoms. The Morgan fingerprint density at radius 2 is 0.500 bits per heavy atom. The maximum absolute atomic E-state index is 2.63. The molecule has 0 N–H and O–H groups in total. The van der Waals surface area contributed by atoms with E-state index >= 15 is 0 Å². The average molecular weight is 475 g/mol. The second kappa shape index (κ2) is 22.2. The maximum atomic E-state index is 2.63. The van der Waals surface area contributed by atoms with Gasteiger partial charge < -0.3 is 0 Å². The molecule has 0 unspecified atom stereocenters. The molecule has 0 aromatic carbocycles. The summed E-state index contributed by atoms with van der Waals surface area (Å²) in [6, 6.07) is 0. The Bertz CT molecular complexity index is 342. The molecule has 0 aromatic rings. The van der Waals surface area contributed by atoms with Gasteiger partial charge in [0, 0.05) is 0 Å². The molecule has 0 aromatic heterocycles. The van der Waals surface area contributed by atoms with Crippen molar-refractivity contribution in [2.75, 3.05) is 0 Å². The normalized spacial score (nSPS) is 24.5. The molecule has 202 valence electrons. The predicted octanol–water partition coefficient (Wildman–Crippen LogP) is 12.6. The zero-order valence-electron chi connectivity index (χ0n) is 23.9. The fourth-order valence-electron chi connectivity index (χ4n) is 7.26. The summed E-state index contributed by atoms with van der Waals surface area (Å²) in [6.45, 7) is 2.63. The molecule has 0 spiro atoms. The fourth-order valence-corrected chi connectivity index (χ4v) is 7.26. The highest BCUT2D eigenvalue weighted by atomic mass is 14.2. The molecule has 0 nitrogen and oxygen atoms in total. The van der Waals surface area contributed by atoms with Gasteiger partial charge in [-0.15, -0.1) is 0 Å². The zero-order valence-corrected chi connectivity index (χ0v) is 23.9. The Morgan fingerprint density at radius 3 is 0.706 bits per heavy atom. The van der Waals surface area contributed by atoms with E-state index in [-0.39, 0.29) is 0 Å². The molecule has 0 radical (unpaired) electrons. The third-order valence-electron chi connectivity index (χ3n) is 9.42. The summed E-state index contributed by atoms with van der Waals surface area (Å²) in [5, 5.41) is 0.